The number of carbonyl (C=O) groups excluding carboxylic acids is 1. The van der Waals surface area contributed by atoms with Crippen LogP contribution < -0.4 is 4.74 Å². The zero-order valence-corrected chi connectivity index (χ0v) is 16.5. The Morgan fingerprint density at radius 3 is 2.69 bits per heavy atom. The van der Waals surface area contributed by atoms with E-state index in [1.54, 1.807) is 11.0 Å². The van der Waals surface area contributed by atoms with Gasteiger partial charge >= 0.3 is 0 Å². The Balaban J connectivity index is 1.54. The fourth-order valence-corrected chi connectivity index (χ4v) is 3.88. The first-order valence-corrected chi connectivity index (χ1v) is 9.67. The predicted molar refractivity (Wildman–Crippen MR) is 106 cm³/mol. The van der Waals surface area contributed by atoms with Crippen LogP contribution in [0.1, 0.15) is 40.5 Å². The van der Waals surface area contributed by atoms with Gasteiger partial charge in [0.15, 0.2) is 5.82 Å². The zero-order valence-electron chi connectivity index (χ0n) is 16.5. The van der Waals surface area contributed by atoms with Gasteiger partial charge in [-0.15, -0.1) is 10.2 Å². The molecule has 0 spiro atoms. The molecule has 29 heavy (non-hydrogen) atoms. The Kier molecular flexibility index (Phi) is 5.29. The van der Waals surface area contributed by atoms with Gasteiger partial charge in [0.2, 0.25) is 0 Å². The second-order valence-corrected chi connectivity index (χ2v) is 7.24. The first kappa shape index (κ1) is 19.1. The van der Waals surface area contributed by atoms with Crippen LogP contribution in [0, 0.1) is 5.82 Å². The van der Waals surface area contributed by atoms with E-state index in [1.807, 2.05) is 25.1 Å². The normalized spacial score (nSPS) is 15.8. The smallest absolute Gasteiger partial charge is 0.261 e. The van der Waals surface area contributed by atoms with Crippen LogP contribution in [0.4, 0.5) is 4.39 Å². The summed E-state index contributed by atoms with van der Waals surface area (Å²) in [6.45, 7) is 2.77. The van der Waals surface area contributed by atoms with Crippen molar-refractivity contribution in [1.29, 1.82) is 0 Å². The van der Waals surface area contributed by atoms with Crippen molar-refractivity contribution in [3.8, 4) is 5.75 Å². The molecule has 3 aromatic rings. The van der Waals surface area contributed by atoms with Gasteiger partial charge in [-0.25, -0.2) is 4.39 Å². The number of nitrogens with zero attached hydrogens (tertiary/aromatic N) is 4. The van der Waals surface area contributed by atoms with Crippen LogP contribution in [-0.2, 0) is 19.4 Å². The molecule has 1 aliphatic heterocycles. The van der Waals surface area contributed by atoms with E-state index in [-0.39, 0.29) is 17.4 Å². The highest BCUT2D eigenvalue weighted by molar-refractivity contribution is 5.97. The van der Waals surface area contributed by atoms with Gasteiger partial charge in [0.25, 0.3) is 5.91 Å². The van der Waals surface area contributed by atoms with Crippen LogP contribution >= 0.6 is 0 Å². The highest BCUT2D eigenvalue weighted by Crippen LogP contribution is 2.28. The van der Waals surface area contributed by atoms with Crippen molar-refractivity contribution in [2.45, 2.75) is 32.4 Å². The number of aryl methyl sites for hydroxylation is 2. The highest BCUT2D eigenvalue weighted by Gasteiger charge is 2.32. The number of benzene rings is 2. The minimum absolute atomic E-state index is 0.00115. The van der Waals surface area contributed by atoms with Crippen LogP contribution in [0.25, 0.3) is 0 Å². The maximum absolute atomic E-state index is 14.3. The van der Waals surface area contributed by atoms with E-state index in [9.17, 15) is 9.18 Å². The number of aromatic nitrogens is 3. The molecule has 0 radical (unpaired) electrons. The van der Waals surface area contributed by atoms with Crippen LogP contribution in [0.15, 0.2) is 48.5 Å². The summed E-state index contributed by atoms with van der Waals surface area (Å²) in [4.78, 5) is 14.6. The van der Waals surface area contributed by atoms with Crippen molar-refractivity contribution in [1.82, 2.24) is 19.7 Å². The van der Waals surface area contributed by atoms with E-state index in [2.05, 4.69) is 26.9 Å². The molecule has 1 aliphatic rings. The van der Waals surface area contributed by atoms with Gasteiger partial charge in [0.05, 0.1) is 19.7 Å². The number of ether oxygens (including phenoxy) is 1. The largest absolute Gasteiger partial charge is 0.496 e. The van der Waals surface area contributed by atoms with Gasteiger partial charge in [0.1, 0.15) is 23.0 Å². The number of fused-ring (bicyclic) bond motifs is 1. The highest BCUT2D eigenvalue weighted by atomic mass is 19.1. The predicted octanol–water partition coefficient (Wildman–Crippen LogP) is 3.43. The molecular weight excluding hydrogens is 371 g/mol. The molecule has 0 saturated heterocycles. The van der Waals surface area contributed by atoms with Gasteiger partial charge in [-0.05, 0) is 31.0 Å². The first-order valence-electron chi connectivity index (χ1n) is 9.67. The molecular formula is C22H23FN4O2. The van der Waals surface area contributed by atoms with E-state index in [0.717, 1.165) is 24.5 Å². The Morgan fingerprint density at radius 2 is 1.93 bits per heavy atom. The minimum Gasteiger partial charge on any atom is -0.496 e. The lowest BCUT2D eigenvalue weighted by molar-refractivity contribution is 0.0671. The Morgan fingerprint density at radius 1 is 1.14 bits per heavy atom. The van der Waals surface area contributed by atoms with Crippen LogP contribution in [0.3, 0.4) is 0 Å². The molecule has 1 atom stereocenters. The minimum atomic E-state index is -0.586. The molecule has 0 unspecified atom stereocenters. The Labute approximate surface area is 168 Å². The van der Waals surface area contributed by atoms with Gasteiger partial charge in [-0.2, -0.15) is 0 Å². The molecule has 0 fully saturated rings. The van der Waals surface area contributed by atoms with Gasteiger partial charge in [0, 0.05) is 13.0 Å². The molecule has 0 aliphatic carbocycles. The summed E-state index contributed by atoms with van der Waals surface area (Å²) in [6.07, 6.45) is 1.65. The van der Waals surface area contributed by atoms with Crippen molar-refractivity contribution < 1.29 is 13.9 Å². The van der Waals surface area contributed by atoms with Crippen molar-refractivity contribution in [2.24, 2.45) is 0 Å². The van der Waals surface area contributed by atoms with Gasteiger partial charge in [-0.3, -0.25) is 4.79 Å². The summed E-state index contributed by atoms with van der Waals surface area (Å²) in [6, 6.07) is 14.6. The summed E-state index contributed by atoms with van der Waals surface area (Å²) in [7, 11) is 1.43. The van der Waals surface area contributed by atoms with E-state index in [0.29, 0.717) is 13.1 Å². The molecule has 150 valence electrons. The molecule has 0 N–H and O–H groups in total. The SMILES string of the molecule is COc1cccc(F)c1C(=O)N1Cc2nnc(CCc3ccccc3)n2[C@@H](C)C1. The number of rotatable bonds is 5. The standard InChI is InChI=1S/C22H23FN4O2/c1-15-13-26(22(28)21-17(23)9-6-10-18(21)29-2)14-20-25-24-19(27(15)20)12-11-16-7-4-3-5-8-16/h3-10,15H,11-14H2,1-2H3/t15-/m0/s1. The quantitative estimate of drug-likeness (QED) is 0.665. The molecule has 2 aromatic carbocycles. The molecule has 2 heterocycles. The summed E-state index contributed by atoms with van der Waals surface area (Å²) in [5, 5.41) is 8.66. The van der Waals surface area contributed by atoms with Gasteiger partial charge in [-0.1, -0.05) is 36.4 Å². The van der Waals surface area contributed by atoms with Crippen LogP contribution in [0.5, 0.6) is 5.75 Å². The lowest BCUT2D eigenvalue weighted by Gasteiger charge is -2.33. The molecule has 6 nitrogen and oxygen atoms in total. The van der Waals surface area contributed by atoms with Gasteiger partial charge < -0.3 is 14.2 Å². The molecule has 0 saturated carbocycles. The van der Waals surface area contributed by atoms with Crippen LogP contribution in [-0.4, -0.2) is 39.2 Å². The summed E-state index contributed by atoms with van der Waals surface area (Å²) in [5.41, 5.74) is 1.20. The summed E-state index contributed by atoms with van der Waals surface area (Å²) in [5.74, 6) is 0.880. The van der Waals surface area contributed by atoms with Crippen LogP contribution in [0.2, 0.25) is 0 Å². The Bertz CT molecular complexity index is 1020. The van der Waals surface area contributed by atoms with E-state index >= 15 is 0 Å². The number of carbonyl (C=O) groups is 1. The number of hydrogen-bond donors (Lipinski definition) is 0. The second-order valence-electron chi connectivity index (χ2n) is 7.24. The third-order valence-corrected chi connectivity index (χ3v) is 5.27. The monoisotopic (exact) mass is 394 g/mol. The average molecular weight is 394 g/mol. The van der Waals surface area contributed by atoms with Crippen molar-refractivity contribution in [2.75, 3.05) is 13.7 Å². The second kappa shape index (κ2) is 8.03. The lowest BCUT2D eigenvalue weighted by Crippen LogP contribution is -2.41. The number of amides is 1. The molecule has 7 heteroatoms. The van der Waals surface area contributed by atoms with Crippen molar-refractivity contribution >= 4 is 5.91 Å². The summed E-state index contributed by atoms with van der Waals surface area (Å²) < 4.78 is 21.6. The van der Waals surface area contributed by atoms with E-state index in [4.69, 9.17) is 4.74 Å². The molecule has 0 bridgehead atoms. The first-order chi connectivity index (χ1) is 14.1. The van der Waals surface area contributed by atoms with Crippen molar-refractivity contribution in [3.63, 3.8) is 0 Å². The summed E-state index contributed by atoms with van der Waals surface area (Å²) >= 11 is 0. The zero-order chi connectivity index (χ0) is 20.4. The maximum atomic E-state index is 14.3. The molecule has 4 rings (SSSR count). The fraction of sp³-hybridized carbons (Fsp3) is 0.318. The molecule has 1 aromatic heterocycles. The topological polar surface area (TPSA) is 60.2 Å². The molecule has 1 amide bonds. The van der Waals surface area contributed by atoms with Crippen molar-refractivity contribution in [3.05, 3.63) is 77.1 Å². The fourth-order valence-electron chi connectivity index (χ4n) is 3.88. The number of hydrogen-bond acceptors (Lipinski definition) is 4. The van der Waals surface area contributed by atoms with E-state index in [1.165, 1.54) is 24.8 Å². The van der Waals surface area contributed by atoms with E-state index < -0.39 is 11.7 Å². The number of methoxy groups -OCH3 is 1. The average Bonchev–Trinajstić information content (AvgIpc) is 3.16. The number of halogens is 1. The Hall–Kier alpha value is -3.22. The maximum Gasteiger partial charge on any atom is 0.261 e. The third-order valence-electron chi connectivity index (χ3n) is 5.27. The third kappa shape index (κ3) is 3.72. The lowest BCUT2D eigenvalue weighted by atomic mass is 10.1.